The highest BCUT2D eigenvalue weighted by molar-refractivity contribution is 6.34. The maximum atomic E-state index is 11.9. The minimum atomic E-state index is -1.23. The van der Waals surface area contributed by atoms with Gasteiger partial charge in [0, 0.05) is 6.42 Å². The number of aromatic nitrogens is 4. The minimum absolute atomic E-state index is 0.0234. The van der Waals surface area contributed by atoms with Crippen LogP contribution in [0.4, 0.5) is 0 Å². The Morgan fingerprint density at radius 2 is 2.20 bits per heavy atom. The number of carbonyl (C=O) groups is 1. The Morgan fingerprint density at radius 1 is 1.44 bits per heavy atom. The Kier molecular flexibility index (Phi) is 5.40. The molecule has 0 saturated carbocycles. The van der Waals surface area contributed by atoms with Crippen LogP contribution in [-0.4, -0.2) is 60.6 Å². The van der Waals surface area contributed by atoms with Crippen molar-refractivity contribution < 1.29 is 24.5 Å². The summed E-state index contributed by atoms with van der Waals surface area (Å²) in [6.07, 6.45) is -2.28. The molecule has 0 unspecified atom stereocenters. The van der Waals surface area contributed by atoms with Gasteiger partial charge in [-0.3, -0.25) is 9.36 Å². The van der Waals surface area contributed by atoms with Crippen molar-refractivity contribution in [2.24, 2.45) is 0 Å². The average molecular weight is 391 g/mol. The Balaban J connectivity index is 2.02. The Morgan fingerprint density at radius 3 is 2.88 bits per heavy atom. The van der Waals surface area contributed by atoms with E-state index in [1.54, 1.807) is 0 Å². The molecule has 0 amide bonds. The number of aliphatic hydroxyl groups excluding tert-OH is 2. The third-order valence-electron chi connectivity index (χ3n) is 3.86. The summed E-state index contributed by atoms with van der Waals surface area (Å²) in [6, 6.07) is 0. The zero-order valence-electron chi connectivity index (χ0n) is 13.2. The maximum absolute atomic E-state index is 11.9. The van der Waals surface area contributed by atoms with Crippen molar-refractivity contribution in [3.8, 4) is 0 Å². The normalized spacial score (nSPS) is 26.3. The average Bonchev–Trinajstić information content (AvgIpc) is 3.06. The number of carbonyl (C=O) groups excluding carboxylic acids is 1. The van der Waals surface area contributed by atoms with Gasteiger partial charge in [-0.25, -0.2) is 15.0 Å². The molecule has 2 aromatic heterocycles. The lowest BCUT2D eigenvalue weighted by Crippen LogP contribution is -2.37. The zero-order valence-corrected chi connectivity index (χ0v) is 14.7. The lowest BCUT2D eigenvalue weighted by molar-refractivity contribution is -0.158. The SMILES string of the molecule is CCCC(=O)O[C@@H]1[C@H](O)[C@@H](CO)O[C@H]1n1c(Cl)nc2c(Cl)ncnc21. The van der Waals surface area contributed by atoms with E-state index in [1.807, 2.05) is 6.92 Å². The third kappa shape index (κ3) is 3.30. The second-order valence-corrected chi connectivity index (χ2v) is 6.23. The summed E-state index contributed by atoms with van der Waals surface area (Å²) >= 11 is 12.2. The van der Waals surface area contributed by atoms with Gasteiger partial charge in [-0.05, 0) is 18.0 Å². The van der Waals surface area contributed by atoms with E-state index in [2.05, 4.69) is 15.0 Å². The van der Waals surface area contributed by atoms with Crippen LogP contribution in [0.2, 0.25) is 10.4 Å². The van der Waals surface area contributed by atoms with Crippen molar-refractivity contribution in [2.75, 3.05) is 6.61 Å². The zero-order chi connectivity index (χ0) is 18.1. The second-order valence-electron chi connectivity index (χ2n) is 5.53. The van der Waals surface area contributed by atoms with Crippen LogP contribution in [0.3, 0.4) is 0 Å². The number of hydrogen-bond acceptors (Lipinski definition) is 8. The third-order valence-corrected chi connectivity index (χ3v) is 4.40. The van der Waals surface area contributed by atoms with Gasteiger partial charge in [-0.1, -0.05) is 18.5 Å². The number of rotatable bonds is 5. The van der Waals surface area contributed by atoms with Crippen molar-refractivity contribution in [1.29, 1.82) is 0 Å². The van der Waals surface area contributed by atoms with Crippen molar-refractivity contribution in [3.05, 3.63) is 16.8 Å². The number of ether oxygens (including phenoxy) is 2. The van der Waals surface area contributed by atoms with E-state index >= 15 is 0 Å². The molecule has 25 heavy (non-hydrogen) atoms. The number of fused-ring (bicyclic) bond motifs is 1. The van der Waals surface area contributed by atoms with Crippen molar-refractivity contribution >= 4 is 40.3 Å². The molecule has 9 nitrogen and oxygen atoms in total. The second kappa shape index (κ2) is 7.38. The summed E-state index contributed by atoms with van der Waals surface area (Å²) in [6.45, 7) is 1.37. The standard InChI is InChI=1S/C14H16Cl2N4O5/c1-2-3-7(22)25-10-9(23)6(4-21)24-13(10)20-12-8(19-14(20)16)11(15)17-5-18-12/h5-6,9-10,13,21,23H,2-4H2,1H3/t6-,9-,10-,13-/m1/s1. The predicted molar refractivity (Wildman–Crippen MR) is 87.1 cm³/mol. The van der Waals surface area contributed by atoms with E-state index in [9.17, 15) is 15.0 Å². The van der Waals surface area contributed by atoms with E-state index < -0.39 is 37.1 Å². The summed E-state index contributed by atoms with van der Waals surface area (Å²) in [7, 11) is 0. The fourth-order valence-corrected chi connectivity index (χ4v) is 3.13. The summed E-state index contributed by atoms with van der Waals surface area (Å²) in [5.41, 5.74) is 0.510. The molecular weight excluding hydrogens is 375 g/mol. The van der Waals surface area contributed by atoms with Crippen LogP contribution in [0.25, 0.3) is 11.2 Å². The minimum Gasteiger partial charge on any atom is -0.455 e. The lowest BCUT2D eigenvalue weighted by Gasteiger charge is -2.22. The summed E-state index contributed by atoms with van der Waals surface area (Å²) in [4.78, 5) is 23.9. The number of hydrogen-bond donors (Lipinski definition) is 2. The van der Waals surface area contributed by atoms with Gasteiger partial charge in [-0.2, -0.15) is 0 Å². The van der Waals surface area contributed by atoms with Gasteiger partial charge < -0.3 is 19.7 Å². The van der Waals surface area contributed by atoms with Gasteiger partial charge in [0.1, 0.15) is 24.1 Å². The number of aliphatic hydroxyl groups is 2. The van der Waals surface area contributed by atoms with Crippen molar-refractivity contribution in [1.82, 2.24) is 19.5 Å². The van der Waals surface area contributed by atoms with Crippen LogP contribution in [0.1, 0.15) is 26.0 Å². The summed E-state index contributed by atoms with van der Waals surface area (Å²) < 4.78 is 12.4. The van der Waals surface area contributed by atoms with E-state index in [0.717, 1.165) is 0 Å². The molecule has 0 bridgehead atoms. The van der Waals surface area contributed by atoms with Crippen LogP contribution in [-0.2, 0) is 14.3 Å². The van der Waals surface area contributed by atoms with Crippen molar-refractivity contribution in [2.45, 2.75) is 44.3 Å². The van der Waals surface area contributed by atoms with Crippen LogP contribution < -0.4 is 0 Å². The van der Waals surface area contributed by atoms with Crippen LogP contribution in [0, 0.1) is 0 Å². The predicted octanol–water partition coefficient (Wildman–Crippen LogP) is 1.10. The Labute approximate surface area is 152 Å². The van der Waals surface area contributed by atoms with Crippen LogP contribution >= 0.6 is 23.2 Å². The van der Waals surface area contributed by atoms with Gasteiger partial charge in [0.15, 0.2) is 23.1 Å². The van der Waals surface area contributed by atoms with E-state index in [-0.39, 0.29) is 28.0 Å². The van der Waals surface area contributed by atoms with Gasteiger partial charge in [0.25, 0.3) is 0 Å². The molecule has 2 N–H and O–H groups in total. The fraction of sp³-hybridized carbons (Fsp3) is 0.571. The summed E-state index contributed by atoms with van der Waals surface area (Å²) in [5, 5.41) is 19.8. The highest BCUT2D eigenvalue weighted by Crippen LogP contribution is 2.36. The molecule has 136 valence electrons. The first-order chi connectivity index (χ1) is 12.0. The van der Waals surface area contributed by atoms with Crippen molar-refractivity contribution in [3.63, 3.8) is 0 Å². The molecule has 3 heterocycles. The number of halogens is 2. The molecule has 2 aromatic rings. The van der Waals surface area contributed by atoms with E-state index in [0.29, 0.717) is 6.42 Å². The number of imidazole rings is 1. The van der Waals surface area contributed by atoms with E-state index in [4.69, 9.17) is 32.7 Å². The van der Waals surface area contributed by atoms with Gasteiger partial charge in [0.05, 0.1) is 6.61 Å². The molecule has 0 spiro atoms. The smallest absolute Gasteiger partial charge is 0.306 e. The fourth-order valence-electron chi connectivity index (χ4n) is 2.70. The highest BCUT2D eigenvalue weighted by atomic mass is 35.5. The monoisotopic (exact) mass is 390 g/mol. The number of nitrogens with zero attached hydrogens (tertiary/aromatic N) is 4. The largest absolute Gasteiger partial charge is 0.455 e. The Hall–Kier alpha value is -1.52. The molecule has 3 rings (SSSR count). The van der Waals surface area contributed by atoms with Gasteiger partial charge in [-0.15, -0.1) is 0 Å². The molecule has 1 fully saturated rings. The first-order valence-electron chi connectivity index (χ1n) is 7.65. The first-order valence-corrected chi connectivity index (χ1v) is 8.41. The first kappa shape index (κ1) is 18.3. The van der Waals surface area contributed by atoms with E-state index in [1.165, 1.54) is 10.9 Å². The highest BCUT2D eigenvalue weighted by Gasteiger charge is 2.48. The maximum Gasteiger partial charge on any atom is 0.306 e. The lowest BCUT2D eigenvalue weighted by atomic mass is 10.1. The Bertz CT molecular complexity index is 786. The molecule has 0 aromatic carbocycles. The quantitative estimate of drug-likeness (QED) is 0.442. The number of esters is 1. The molecule has 11 heteroatoms. The molecular formula is C14H16Cl2N4O5. The molecule has 1 aliphatic rings. The van der Waals surface area contributed by atoms with Gasteiger partial charge in [0.2, 0.25) is 5.28 Å². The molecule has 1 saturated heterocycles. The summed E-state index contributed by atoms with van der Waals surface area (Å²) in [5.74, 6) is -0.494. The molecule has 4 atom stereocenters. The molecule has 0 aliphatic carbocycles. The van der Waals surface area contributed by atoms with Crippen LogP contribution in [0.15, 0.2) is 6.33 Å². The van der Waals surface area contributed by atoms with Gasteiger partial charge >= 0.3 is 5.97 Å². The van der Waals surface area contributed by atoms with Crippen LogP contribution in [0.5, 0.6) is 0 Å². The molecule has 1 aliphatic heterocycles. The topological polar surface area (TPSA) is 120 Å². The molecule has 0 radical (unpaired) electrons.